The van der Waals surface area contributed by atoms with Gasteiger partial charge in [-0.3, -0.25) is 4.79 Å². The summed E-state index contributed by atoms with van der Waals surface area (Å²) < 4.78 is 10.2. The molecule has 19 heavy (non-hydrogen) atoms. The molecule has 6 heteroatoms. The van der Waals surface area contributed by atoms with E-state index in [1.807, 2.05) is 13.8 Å². The summed E-state index contributed by atoms with van der Waals surface area (Å²) in [5.74, 6) is -1.11. The van der Waals surface area contributed by atoms with Crippen molar-refractivity contribution >= 4 is 12.1 Å². The number of rotatable bonds is 6. The second-order valence-corrected chi connectivity index (χ2v) is 5.94. The van der Waals surface area contributed by atoms with Gasteiger partial charge in [-0.25, -0.2) is 4.79 Å². The number of ether oxygens (including phenoxy) is 2. The maximum Gasteiger partial charge on any atom is 0.408 e. The number of carboxylic acids is 1. The Morgan fingerprint density at radius 2 is 1.79 bits per heavy atom. The standard InChI is InChI=1S/C13H25NO5/c1-9(2)13(8-18-6,7-10(15)16)14-11(17)19-12(3,4)5/h9H,7-8H2,1-6H3,(H,14,17)(H,15,16). The van der Waals surface area contributed by atoms with E-state index in [1.54, 1.807) is 20.8 Å². The van der Waals surface area contributed by atoms with Crippen molar-refractivity contribution in [1.29, 1.82) is 0 Å². The fourth-order valence-electron chi connectivity index (χ4n) is 1.68. The summed E-state index contributed by atoms with van der Waals surface area (Å²) in [6, 6.07) is 0. The summed E-state index contributed by atoms with van der Waals surface area (Å²) in [4.78, 5) is 22.9. The molecule has 0 aliphatic carbocycles. The van der Waals surface area contributed by atoms with Crippen LogP contribution in [0.5, 0.6) is 0 Å². The van der Waals surface area contributed by atoms with Crippen molar-refractivity contribution in [3.8, 4) is 0 Å². The number of nitrogens with one attached hydrogen (secondary N) is 1. The van der Waals surface area contributed by atoms with E-state index in [4.69, 9.17) is 14.6 Å². The van der Waals surface area contributed by atoms with Gasteiger partial charge in [0.25, 0.3) is 0 Å². The van der Waals surface area contributed by atoms with Crippen molar-refractivity contribution in [3.63, 3.8) is 0 Å². The third-order valence-electron chi connectivity index (χ3n) is 2.72. The summed E-state index contributed by atoms with van der Waals surface area (Å²) in [5.41, 5.74) is -1.62. The Bertz CT molecular complexity index is 321. The van der Waals surface area contributed by atoms with E-state index in [9.17, 15) is 9.59 Å². The van der Waals surface area contributed by atoms with E-state index < -0.39 is 23.2 Å². The predicted octanol–water partition coefficient (Wildman–Crippen LogP) is 2.03. The first-order chi connectivity index (χ1) is 8.52. The molecule has 6 nitrogen and oxygen atoms in total. The van der Waals surface area contributed by atoms with E-state index in [0.717, 1.165) is 0 Å². The third-order valence-corrected chi connectivity index (χ3v) is 2.72. The van der Waals surface area contributed by atoms with Crippen LogP contribution in [-0.2, 0) is 14.3 Å². The highest BCUT2D eigenvalue weighted by Crippen LogP contribution is 2.23. The Morgan fingerprint density at radius 1 is 1.26 bits per heavy atom. The molecule has 0 spiro atoms. The normalized spacial score (nSPS) is 14.9. The molecule has 0 aromatic heterocycles. The number of hydrogen-bond donors (Lipinski definition) is 2. The van der Waals surface area contributed by atoms with Crippen LogP contribution in [0.4, 0.5) is 4.79 Å². The molecule has 1 atom stereocenters. The van der Waals surface area contributed by atoms with E-state index in [2.05, 4.69) is 5.32 Å². The minimum absolute atomic E-state index is 0.107. The maximum absolute atomic E-state index is 11.9. The number of methoxy groups -OCH3 is 1. The minimum atomic E-state index is -0.998. The summed E-state index contributed by atoms with van der Waals surface area (Å²) >= 11 is 0. The van der Waals surface area contributed by atoms with Crippen LogP contribution in [0, 0.1) is 5.92 Å². The molecular formula is C13H25NO5. The molecule has 0 aliphatic rings. The quantitative estimate of drug-likeness (QED) is 0.774. The van der Waals surface area contributed by atoms with Crippen molar-refractivity contribution in [2.75, 3.05) is 13.7 Å². The first-order valence-corrected chi connectivity index (χ1v) is 6.24. The third kappa shape index (κ3) is 6.42. The van der Waals surface area contributed by atoms with Gasteiger partial charge >= 0.3 is 12.1 Å². The van der Waals surface area contributed by atoms with Crippen LogP contribution in [0.2, 0.25) is 0 Å². The van der Waals surface area contributed by atoms with Crippen LogP contribution >= 0.6 is 0 Å². The minimum Gasteiger partial charge on any atom is -0.481 e. The SMILES string of the molecule is COCC(CC(=O)O)(NC(=O)OC(C)(C)C)C(C)C. The molecule has 0 saturated carbocycles. The molecule has 112 valence electrons. The van der Waals surface area contributed by atoms with Crippen molar-refractivity contribution < 1.29 is 24.2 Å². The van der Waals surface area contributed by atoms with Crippen LogP contribution in [0.1, 0.15) is 41.0 Å². The van der Waals surface area contributed by atoms with Crippen molar-refractivity contribution in [2.24, 2.45) is 5.92 Å². The lowest BCUT2D eigenvalue weighted by Crippen LogP contribution is -2.57. The van der Waals surface area contributed by atoms with Gasteiger partial charge in [-0.15, -0.1) is 0 Å². The largest absolute Gasteiger partial charge is 0.481 e. The van der Waals surface area contributed by atoms with Gasteiger partial charge in [-0.05, 0) is 26.7 Å². The lowest BCUT2D eigenvalue weighted by Gasteiger charge is -2.37. The molecule has 0 heterocycles. The van der Waals surface area contributed by atoms with Gasteiger partial charge in [-0.2, -0.15) is 0 Å². The van der Waals surface area contributed by atoms with E-state index >= 15 is 0 Å². The average Bonchev–Trinajstić information content (AvgIpc) is 2.12. The Morgan fingerprint density at radius 3 is 2.11 bits per heavy atom. The van der Waals surface area contributed by atoms with Gasteiger partial charge in [0.2, 0.25) is 0 Å². The van der Waals surface area contributed by atoms with E-state index in [0.29, 0.717) is 0 Å². The molecule has 0 bridgehead atoms. The first kappa shape index (κ1) is 17.7. The van der Waals surface area contributed by atoms with Gasteiger partial charge in [0.1, 0.15) is 5.60 Å². The zero-order valence-corrected chi connectivity index (χ0v) is 12.6. The Balaban J connectivity index is 5.02. The lowest BCUT2D eigenvalue weighted by molar-refractivity contribution is -0.140. The smallest absolute Gasteiger partial charge is 0.408 e. The van der Waals surface area contributed by atoms with Crippen molar-refractivity contribution in [1.82, 2.24) is 5.32 Å². The number of carboxylic acid groups (broad SMARTS) is 1. The predicted molar refractivity (Wildman–Crippen MR) is 71.1 cm³/mol. The molecule has 1 amide bonds. The van der Waals surface area contributed by atoms with Crippen molar-refractivity contribution in [3.05, 3.63) is 0 Å². The fourth-order valence-corrected chi connectivity index (χ4v) is 1.68. The highest BCUT2D eigenvalue weighted by atomic mass is 16.6. The maximum atomic E-state index is 11.9. The number of amides is 1. The zero-order valence-electron chi connectivity index (χ0n) is 12.6. The second-order valence-electron chi connectivity index (χ2n) is 5.94. The molecule has 2 N–H and O–H groups in total. The Labute approximate surface area is 114 Å². The van der Waals surface area contributed by atoms with Gasteiger partial charge < -0.3 is 19.9 Å². The van der Waals surface area contributed by atoms with Gasteiger partial charge in [0.05, 0.1) is 18.6 Å². The molecule has 0 rings (SSSR count). The number of alkyl carbamates (subject to hydrolysis) is 1. The summed E-state index contributed by atoms with van der Waals surface area (Å²) in [5, 5.41) is 11.7. The highest BCUT2D eigenvalue weighted by Gasteiger charge is 2.39. The molecule has 0 radical (unpaired) electrons. The van der Waals surface area contributed by atoms with Crippen molar-refractivity contribution in [2.45, 2.75) is 52.2 Å². The fraction of sp³-hybridized carbons (Fsp3) is 0.846. The number of carbonyl (C=O) groups is 2. The highest BCUT2D eigenvalue weighted by molar-refractivity contribution is 5.73. The molecule has 1 unspecified atom stereocenters. The van der Waals surface area contributed by atoms with Crippen LogP contribution in [0.25, 0.3) is 0 Å². The monoisotopic (exact) mass is 275 g/mol. The average molecular weight is 275 g/mol. The summed E-state index contributed by atoms with van der Waals surface area (Å²) in [6.07, 6.45) is -0.864. The topological polar surface area (TPSA) is 84.9 Å². The van der Waals surface area contributed by atoms with E-state index in [1.165, 1.54) is 7.11 Å². The molecule has 0 aromatic rings. The molecule has 0 aromatic carbocycles. The first-order valence-electron chi connectivity index (χ1n) is 6.24. The molecule has 0 fully saturated rings. The van der Waals surface area contributed by atoms with Gasteiger partial charge in [0, 0.05) is 7.11 Å². The van der Waals surface area contributed by atoms with Gasteiger partial charge in [0.15, 0.2) is 0 Å². The Hall–Kier alpha value is -1.30. The number of aliphatic carboxylic acids is 1. The number of hydrogen-bond acceptors (Lipinski definition) is 4. The Kier molecular flexibility index (Phi) is 6.29. The number of carbonyl (C=O) groups excluding carboxylic acids is 1. The summed E-state index contributed by atoms with van der Waals surface area (Å²) in [6.45, 7) is 9.01. The van der Waals surface area contributed by atoms with Crippen LogP contribution in [0.3, 0.4) is 0 Å². The lowest BCUT2D eigenvalue weighted by atomic mass is 9.84. The summed E-state index contributed by atoms with van der Waals surface area (Å²) in [7, 11) is 1.47. The molecule has 0 aliphatic heterocycles. The molecule has 0 saturated heterocycles. The molecular weight excluding hydrogens is 250 g/mol. The van der Waals surface area contributed by atoms with E-state index in [-0.39, 0.29) is 18.9 Å². The zero-order chi connectivity index (χ0) is 15.3. The van der Waals surface area contributed by atoms with Crippen LogP contribution in [-0.4, -0.2) is 42.0 Å². The van der Waals surface area contributed by atoms with Gasteiger partial charge in [-0.1, -0.05) is 13.8 Å². The van der Waals surface area contributed by atoms with Crippen LogP contribution < -0.4 is 5.32 Å². The second kappa shape index (κ2) is 6.75. The van der Waals surface area contributed by atoms with Crippen LogP contribution in [0.15, 0.2) is 0 Å².